The van der Waals surface area contributed by atoms with Gasteiger partial charge in [0.2, 0.25) is 0 Å². The average molecular weight is 379 g/mol. The second-order valence-corrected chi connectivity index (χ2v) is 5.09. The summed E-state index contributed by atoms with van der Waals surface area (Å²) in [6.45, 7) is 1.06. The molecule has 21 heavy (non-hydrogen) atoms. The standard InChI is InChI=1S/C13H14BrFN2O3.H2S/c1-20-13(19)8-2-3-17(7-8)12-4-10(15)9(6-16-12)11(18)5-14;/h4,6,8H,2-3,5,7H2,1H3;1H2/t8-;/m0./s1. The summed E-state index contributed by atoms with van der Waals surface area (Å²) in [4.78, 5) is 28.8. The quantitative estimate of drug-likeness (QED) is 0.455. The molecule has 1 fully saturated rings. The molecule has 1 aliphatic rings. The minimum Gasteiger partial charge on any atom is -0.469 e. The Bertz CT molecular complexity index is 544. The van der Waals surface area contributed by atoms with E-state index in [2.05, 4.69) is 20.9 Å². The molecule has 1 saturated heterocycles. The first-order valence-electron chi connectivity index (χ1n) is 6.14. The molecular weight excluding hydrogens is 363 g/mol. The summed E-state index contributed by atoms with van der Waals surface area (Å²) in [6, 6.07) is 1.23. The molecule has 0 unspecified atom stereocenters. The summed E-state index contributed by atoms with van der Waals surface area (Å²) < 4.78 is 18.6. The first kappa shape index (κ1) is 17.9. The number of carbonyl (C=O) groups excluding carboxylic acids is 2. The molecule has 116 valence electrons. The van der Waals surface area contributed by atoms with Gasteiger partial charge in [0.25, 0.3) is 0 Å². The molecule has 0 bridgehead atoms. The van der Waals surface area contributed by atoms with Crippen LogP contribution in [0.25, 0.3) is 0 Å². The van der Waals surface area contributed by atoms with Gasteiger partial charge in [-0.25, -0.2) is 9.37 Å². The van der Waals surface area contributed by atoms with E-state index < -0.39 is 5.82 Å². The molecule has 0 amide bonds. The maximum atomic E-state index is 13.9. The van der Waals surface area contributed by atoms with Crippen LogP contribution in [0, 0.1) is 11.7 Å². The molecule has 8 heteroatoms. The van der Waals surface area contributed by atoms with Crippen molar-refractivity contribution in [1.29, 1.82) is 0 Å². The third kappa shape index (κ3) is 3.94. The smallest absolute Gasteiger partial charge is 0.310 e. The van der Waals surface area contributed by atoms with Crippen molar-refractivity contribution >= 4 is 47.0 Å². The van der Waals surface area contributed by atoms with E-state index in [1.54, 1.807) is 0 Å². The second kappa shape index (κ2) is 7.74. The molecule has 1 aromatic heterocycles. The van der Waals surface area contributed by atoms with Crippen LogP contribution in [0.1, 0.15) is 16.8 Å². The van der Waals surface area contributed by atoms with Crippen molar-refractivity contribution in [3.05, 3.63) is 23.6 Å². The SMILES string of the molecule is COC(=O)[C@H]1CCN(c2cc(F)c(C(=O)CBr)cn2)C1.S. The zero-order valence-corrected chi connectivity index (χ0v) is 14.0. The van der Waals surface area contributed by atoms with Crippen molar-refractivity contribution < 1.29 is 18.7 Å². The van der Waals surface area contributed by atoms with Crippen LogP contribution in [0.2, 0.25) is 0 Å². The summed E-state index contributed by atoms with van der Waals surface area (Å²) in [6.07, 6.45) is 1.89. The van der Waals surface area contributed by atoms with Crippen molar-refractivity contribution in [2.45, 2.75) is 6.42 Å². The molecular formula is C13H16BrFN2O3S. The first-order chi connectivity index (χ1) is 9.56. The van der Waals surface area contributed by atoms with Crippen molar-refractivity contribution in [3.8, 4) is 0 Å². The number of ether oxygens (including phenoxy) is 1. The number of pyridine rings is 1. The predicted molar refractivity (Wildman–Crippen MR) is 85.0 cm³/mol. The number of Topliss-reactive ketones (excluding diaryl/α,β-unsaturated/α-hetero) is 1. The first-order valence-corrected chi connectivity index (χ1v) is 7.26. The lowest BCUT2D eigenvalue weighted by Crippen LogP contribution is -2.24. The Labute approximate surface area is 137 Å². The highest BCUT2D eigenvalue weighted by molar-refractivity contribution is 9.09. The van der Waals surface area contributed by atoms with Gasteiger partial charge in [-0.15, -0.1) is 0 Å². The normalized spacial score (nSPS) is 17.3. The largest absolute Gasteiger partial charge is 0.469 e. The van der Waals surface area contributed by atoms with Gasteiger partial charge in [-0.3, -0.25) is 9.59 Å². The summed E-state index contributed by atoms with van der Waals surface area (Å²) in [5, 5.41) is 0.0546. The van der Waals surface area contributed by atoms with Crippen molar-refractivity contribution in [1.82, 2.24) is 4.98 Å². The number of alkyl halides is 1. The molecule has 5 nitrogen and oxygen atoms in total. The fourth-order valence-corrected chi connectivity index (χ4v) is 2.50. The van der Waals surface area contributed by atoms with Crippen LogP contribution in [-0.2, 0) is 9.53 Å². The molecule has 1 aliphatic heterocycles. The van der Waals surface area contributed by atoms with Crippen molar-refractivity contribution in [2.24, 2.45) is 5.92 Å². The van der Waals surface area contributed by atoms with Gasteiger partial charge < -0.3 is 9.64 Å². The molecule has 0 radical (unpaired) electrons. The van der Waals surface area contributed by atoms with Gasteiger partial charge in [-0.05, 0) is 6.42 Å². The summed E-state index contributed by atoms with van der Waals surface area (Å²) in [5.74, 6) is -0.996. The Kier molecular flexibility index (Phi) is 6.60. The number of hydrogen-bond acceptors (Lipinski definition) is 5. The molecule has 0 saturated carbocycles. The van der Waals surface area contributed by atoms with E-state index in [4.69, 9.17) is 4.74 Å². The highest BCUT2D eigenvalue weighted by atomic mass is 79.9. The van der Waals surface area contributed by atoms with Gasteiger partial charge in [0, 0.05) is 25.4 Å². The summed E-state index contributed by atoms with van der Waals surface area (Å²) >= 11 is 3.00. The molecule has 2 rings (SSSR count). The van der Waals surface area contributed by atoms with Gasteiger partial charge in [0.05, 0.1) is 23.9 Å². The van der Waals surface area contributed by atoms with Crippen LogP contribution in [0.15, 0.2) is 12.3 Å². The monoisotopic (exact) mass is 378 g/mol. The number of anilines is 1. The Balaban J connectivity index is 0.00000220. The Morgan fingerprint density at radius 3 is 2.86 bits per heavy atom. The van der Waals surface area contributed by atoms with Gasteiger partial charge in [0.15, 0.2) is 5.78 Å². The number of halogens is 2. The summed E-state index contributed by atoms with van der Waals surface area (Å²) in [5.41, 5.74) is -0.0330. The summed E-state index contributed by atoms with van der Waals surface area (Å²) in [7, 11) is 1.35. The molecule has 0 aliphatic carbocycles. The number of aromatic nitrogens is 1. The van der Waals surface area contributed by atoms with E-state index in [1.165, 1.54) is 19.4 Å². The average Bonchev–Trinajstić information content (AvgIpc) is 2.95. The van der Waals surface area contributed by atoms with E-state index in [1.807, 2.05) is 4.90 Å². The third-order valence-corrected chi connectivity index (χ3v) is 3.82. The molecule has 1 atom stereocenters. The van der Waals surface area contributed by atoms with Crippen LogP contribution in [-0.4, -0.2) is 42.3 Å². The van der Waals surface area contributed by atoms with Crippen LogP contribution >= 0.6 is 29.4 Å². The number of nitrogens with zero attached hydrogens (tertiary/aromatic N) is 2. The van der Waals surface area contributed by atoms with E-state index in [-0.39, 0.29) is 42.1 Å². The Morgan fingerprint density at radius 1 is 1.57 bits per heavy atom. The predicted octanol–water partition coefficient (Wildman–Crippen LogP) is 1.91. The molecule has 0 spiro atoms. The Morgan fingerprint density at radius 2 is 2.29 bits per heavy atom. The van der Waals surface area contributed by atoms with Crippen molar-refractivity contribution in [2.75, 3.05) is 30.4 Å². The van der Waals surface area contributed by atoms with Crippen LogP contribution in [0.3, 0.4) is 0 Å². The number of esters is 1. The number of ketones is 1. The van der Waals surface area contributed by atoms with Gasteiger partial charge in [-0.2, -0.15) is 13.5 Å². The van der Waals surface area contributed by atoms with E-state index >= 15 is 0 Å². The zero-order valence-electron chi connectivity index (χ0n) is 11.4. The second-order valence-electron chi connectivity index (χ2n) is 4.53. The topological polar surface area (TPSA) is 59.5 Å². The van der Waals surface area contributed by atoms with Crippen LogP contribution in [0.5, 0.6) is 0 Å². The minimum absolute atomic E-state index is 0. The molecule has 2 heterocycles. The Hall–Kier alpha value is -1.15. The van der Waals surface area contributed by atoms with E-state index in [0.717, 1.165) is 0 Å². The third-order valence-electron chi connectivity index (χ3n) is 3.31. The fourth-order valence-electron chi connectivity index (χ4n) is 2.20. The number of hydrogen-bond donors (Lipinski definition) is 0. The van der Waals surface area contributed by atoms with Crippen LogP contribution < -0.4 is 4.90 Å². The molecule has 0 N–H and O–H groups in total. The van der Waals surface area contributed by atoms with E-state index in [9.17, 15) is 14.0 Å². The van der Waals surface area contributed by atoms with Crippen LogP contribution in [0.4, 0.5) is 10.2 Å². The lowest BCUT2D eigenvalue weighted by molar-refractivity contribution is -0.144. The molecule has 1 aromatic rings. The minimum atomic E-state index is -0.596. The highest BCUT2D eigenvalue weighted by Crippen LogP contribution is 2.24. The molecule has 0 aromatic carbocycles. The number of carbonyl (C=O) groups is 2. The number of methoxy groups -OCH3 is 1. The maximum absolute atomic E-state index is 13.9. The zero-order chi connectivity index (χ0) is 14.7. The maximum Gasteiger partial charge on any atom is 0.310 e. The fraction of sp³-hybridized carbons (Fsp3) is 0.462. The highest BCUT2D eigenvalue weighted by Gasteiger charge is 2.30. The van der Waals surface area contributed by atoms with E-state index in [0.29, 0.717) is 25.3 Å². The van der Waals surface area contributed by atoms with Gasteiger partial charge in [0.1, 0.15) is 11.6 Å². The van der Waals surface area contributed by atoms with Crippen molar-refractivity contribution in [3.63, 3.8) is 0 Å². The van der Waals surface area contributed by atoms with Gasteiger partial charge in [-0.1, -0.05) is 15.9 Å². The lowest BCUT2D eigenvalue weighted by Gasteiger charge is -2.17. The number of rotatable bonds is 4. The van der Waals surface area contributed by atoms with Gasteiger partial charge >= 0.3 is 5.97 Å². The lowest BCUT2D eigenvalue weighted by atomic mass is 10.1.